The minimum absolute atomic E-state index is 0.249. The first-order valence-electron chi connectivity index (χ1n) is 7.24. The third-order valence-corrected chi connectivity index (χ3v) is 3.61. The summed E-state index contributed by atoms with van der Waals surface area (Å²) in [6, 6.07) is 18.0. The Kier molecular flexibility index (Phi) is 3.33. The topological polar surface area (TPSA) is 103 Å². The van der Waals surface area contributed by atoms with Crippen LogP contribution in [0.2, 0.25) is 0 Å². The molecule has 0 saturated carbocycles. The number of fused-ring (bicyclic) bond motifs is 2. The third-order valence-electron chi connectivity index (χ3n) is 3.61. The second kappa shape index (κ2) is 5.78. The fourth-order valence-electron chi connectivity index (χ4n) is 2.45. The van der Waals surface area contributed by atoms with Crippen molar-refractivity contribution in [3.63, 3.8) is 0 Å². The standard InChI is InChI=1S/C17H11N7/c18-9-13(17-21-23-24-22-17)10-19-14-5-6-16-12(8-14)7-11-3-1-2-4-15(11)20-16/h1-8,10,19H,(H,21,22,23,24). The number of allylic oxidation sites excluding steroid dienone is 1. The van der Waals surface area contributed by atoms with Crippen LogP contribution >= 0.6 is 0 Å². The van der Waals surface area contributed by atoms with Gasteiger partial charge >= 0.3 is 0 Å². The molecule has 0 fully saturated rings. The summed E-state index contributed by atoms with van der Waals surface area (Å²) in [6.07, 6.45) is 1.56. The number of aromatic nitrogens is 5. The molecule has 0 saturated heterocycles. The third kappa shape index (κ3) is 2.53. The van der Waals surface area contributed by atoms with Crippen LogP contribution in [0.4, 0.5) is 5.69 Å². The van der Waals surface area contributed by atoms with Crippen LogP contribution in [0.1, 0.15) is 5.82 Å². The number of rotatable bonds is 3. The van der Waals surface area contributed by atoms with Crippen LogP contribution in [-0.4, -0.2) is 25.6 Å². The molecule has 0 bridgehead atoms. The van der Waals surface area contributed by atoms with E-state index in [0.29, 0.717) is 5.57 Å². The molecule has 2 heterocycles. The zero-order chi connectivity index (χ0) is 16.4. The van der Waals surface area contributed by atoms with Gasteiger partial charge in [0, 0.05) is 22.7 Å². The van der Waals surface area contributed by atoms with E-state index in [0.717, 1.165) is 27.5 Å². The summed E-state index contributed by atoms with van der Waals surface area (Å²) >= 11 is 0. The zero-order valence-corrected chi connectivity index (χ0v) is 12.4. The van der Waals surface area contributed by atoms with Crippen molar-refractivity contribution < 1.29 is 0 Å². The van der Waals surface area contributed by atoms with Crippen molar-refractivity contribution in [3.8, 4) is 6.07 Å². The van der Waals surface area contributed by atoms with Crippen LogP contribution < -0.4 is 5.32 Å². The average Bonchev–Trinajstić information content (AvgIpc) is 3.15. The molecule has 114 valence electrons. The maximum absolute atomic E-state index is 9.18. The summed E-state index contributed by atoms with van der Waals surface area (Å²) in [5.74, 6) is 0.249. The van der Waals surface area contributed by atoms with Crippen LogP contribution in [0, 0.1) is 11.3 Å². The number of anilines is 1. The number of nitrogens with one attached hydrogen (secondary N) is 2. The quantitative estimate of drug-likeness (QED) is 0.445. The number of para-hydroxylation sites is 1. The van der Waals surface area contributed by atoms with Gasteiger partial charge in [-0.25, -0.2) is 4.98 Å². The Morgan fingerprint density at radius 2 is 1.96 bits per heavy atom. The largest absolute Gasteiger partial charge is 0.360 e. The average molecular weight is 313 g/mol. The summed E-state index contributed by atoms with van der Waals surface area (Å²) in [5.41, 5.74) is 3.02. The van der Waals surface area contributed by atoms with E-state index in [-0.39, 0.29) is 5.82 Å². The van der Waals surface area contributed by atoms with Gasteiger partial charge in [0.25, 0.3) is 0 Å². The van der Waals surface area contributed by atoms with Gasteiger partial charge < -0.3 is 5.32 Å². The van der Waals surface area contributed by atoms with E-state index >= 15 is 0 Å². The predicted molar refractivity (Wildman–Crippen MR) is 90.6 cm³/mol. The SMILES string of the molecule is N#CC(=CNc1ccc2nc3ccccc3cc2c1)c1nn[nH]n1. The summed E-state index contributed by atoms with van der Waals surface area (Å²) < 4.78 is 0. The Bertz CT molecular complexity index is 1090. The van der Waals surface area contributed by atoms with Crippen molar-refractivity contribution >= 4 is 33.1 Å². The minimum atomic E-state index is 0.249. The number of H-pyrrole nitrogens is 1. The molecule has 2 aromatic carbocycles. The molecule has 2 aromatic heterocycles. The lowest BCUT2D eigenvalue weighted by Gasteiger charge is -2.05. The van der Waals surface area contributed by atoms with Gasteiger partial charge in [0.2, 0.25) is 5.82 Å². The van der Waals surface area contributed by atoms with Crippen LogP contribution in [0.25, 0.3) is 27.4 Å². The Morgan fingerprint density at radius 3 is 2.79 bits per heavy atom. The maximum Gasteiger partial charge on any atom is 0.216 e. The molecule has 2 N–H and O–H groups in total. The van der Waals surface area contributed by atoms with E-state index in [2.05, 4.69) is 37.0 Å². The normalized spacial score (nSPS) is 11.5. The van der Waals surface area contributed by atoms with E-state index in [1.807, 2.05) is 48.5 Å². The molecule has 0 spiro atoms. The molecule has 0 radical (unpaired) electrons. The molecule has 0 aliphatic rings. The summed E-state index contributed by atoms with van der Waals surface area (Å²) in [5, 5.41) is 27.7. The predicted octanol–water partition coefficient (Wildman–Crippen LogP) is 2.88. The lowest BCUT2D eigenvalue weighted by atomic mass is 10.1. The van der Waals surface area contributed by atoms with Gasteiger partial charge in [0.1, 0.15) is 11.6 Å². The first-order valence-corrected chi connectivity index (χ1v) is 7.24. The monoisotopic (exact) mass is 313 g/mol. The van der Waals surface area contributed by atoms with Gasteiger partial charge in [-0.05, 0) is 35.5 Å². The van der Waals surface area contributed by atoms with Crippen molar-refractivity contribution in [2.45, 2.75) is 0 Å². The lowest BCUT2D eigenvalue weighted by Crippen LogP contribution is -1.93. The number of nitrogens with zero attached hydrogens (tertiary/aromatic N) is 5. The maximum atomic E-state index is 9.18. The molecule has 0 aliphatic carbocycles. The van der Waals surface area contributed by atoms with Crippen molar-refractivity contribution in [1.29, 1.82) is 5.26 Å². The second-order valence-electron chi connectivity index (χ2n) is 5.14. The van der Waals surface area contributed by atoms with Crippen molar-refractivity contribution in [1.82, 2.24) is 25.6 Å². The van der Waals surface area contributed by atoms with Gasteiger partial charge in [0.05, 0.1) is 11.0 Å². The first-order chi connectivity index (χ1) is 11.8. The summed E-state index contributed by atoms with van der Waals surface area (Å²) in [6.45, 7) is 0. The fraction of sp³-hybridized carbons (Fsp3) is 0. The minimum Gasteiger partial charge on any atom is -0.360 e. The van der Waals surface area contributed by atoms with Crippen molar-refractivity contribution in [2.75, 3.05) is 5.32 Å². The highest BCUT2D eigenvalue weighted by Gasteiger charge is 2.06. The van der Waals surface area contributed by atoms with Gasteiger partial charge in [-0.2, -0.15) is 10.5 Å². The number of aromatic amines is 1. The molecule has 7 nitrogen and oxygen atoms in total. The van der Waals surface area contributed by atoms with Gasteiger partial charge in [-0.1, -0.05) is 18.2 Å². The smallest absolute Gasteiger partial charge is 0.216 e. The van der Waals surface area contributed by atoms with E-state index < -0.39 is 0 Å². The highest BCUT2D eigenvalue weighted by Crippen LogP contribution is 2.23. The molecule has 0 aliphatic heterocycles. The molecule has 4 rings (SSSR count). The number of benzene rings is 2. The Hall–Kier alpha value is -3.79. The van der Waals surface area contributed by atoms with Crippen LogP contribution in [0.3, 0.4) is 0 Å². The first kappa shape index (κ1) is 13.8. The van der Waals surface area contributed by atoms with E-state index in [4.69, 9.17) is 0 Å². The second-order valence-corrected chi connectivity index (χ2v) is 5.14. The van der Waals surface area contributed by atoms with Gasteiger partial charge in [-0.15, -0.1) is 10.2 Å². The Balaban J connectivity index is 1.70. The van der Waals surface area contributed by atoms with Crippen LogP contribution in [0.15, 0.2) is 54.7 Å². The molecular weight excluding hydrogens is 302 g/mol. The lowest BCUT2D eigenvalue weighted by molar-refractivity contribution is 0.881. The van der Waals surface area contributed by atoms with E-state index in [9.17, 15) is 5.26 Å². The number of pyridine rings is 1. The van der Waals surface area contributed by atoms with Gasteiger partial charge in [0.15, 0.2) is 0 Å². The number of nitriles is 1. The highest BCUT2D eigenvalue weighted by atomic mass is 15.5. The molecule has 0 amide bonds. The summed E-state index contributed by atoms with van der Waals surface area (Å²) in [7, 11) is 0. The zero-order valence-electron chi connectivity index (χ0n) is 12.4. The van der Waals surface area contributed by atoms with E-state index in [1.54, 1.807) is 6.20 Å². The molecule has 7 heteroatoms. The number of hydrogen-bond donors (Lipinski definition) is 2. The van der Waals surface area contributed by atoms with Gasteiger partial charge in [-0.3, -0.25) is 0 Å². The van der Waals surface area contributed by atoms with Crippen LogP contribution in [-0.2, 0) is 0 Å². The Labute approximate surface area is 136 Å². The van der Waals surface area contributed by atoms with Crippen molar-refractivity contribution in [3.05, 3.63) is 60.6 Å². The molecular formula is C17H11N7. The van der Waals surface area contributed by atoms with E-state index in [1.165, 1.54) is 0 Å². The fourth-order valence-corrected chi connectivity index (χ4v) is 2.45. The molecule has 0 atom stereocenters. The highest BCUT2D eigenvalue weighted by molar-refractivity contribution is 5.94. The van der Waals surface area contributed by atoms with Crippen molar-refractivity contribution in [2.24, 2.45) is 0 Å². The van der Waals surface area contributed by atoms with Crippen LogP contribution in [0.5, 0.6) is 0 Å². The molecule has 4 aromatic rings. The molecule has 0 unspecified atom stereocenters. The summed E-state index contributed by atoms with van der Waals surface area (Å²) in [4.78, 5) is 4.64. The molecule has 24 heavy (non-hydrogen) atoms. The number of hydrogen-bond acceptors (Lipinski definition) is 6. The Morgan fingerprint density at radius 1 is 1.08 bits per heavy atom. The number of tetrazole rings is 1.